The molecule has 1 aliphatic carbocycles. The SMILES string of the molecule is CC(C)CNCc1cc(CN(C)C(C)C2CC2)on1. The number of hydrogen-bond donors (Lipinski definition) is 1. The van der Waals surface area contributed by atoms with Crippen LogP contribution in [0.4, 0.5) is 0 Å². The van der Waals surface area contributed by atoms with Gasteiger partial charge in [0.25, 0.3) is 0 Å². The number of nitrogens with one attached hydrogen (secondary N) is 1. The molecule has 1 aromatic heterocycles. The maximum atomic E-state index is 5.41. The minimum absolute atomic E-state index is 0.646. The topological polar surface area (TPSA) is 41.3 Å². The van der Waals surface area contributed by atoms with Gasteiger partial charge in [-0.1, -0.05) is 19.0 Å². The zero-order valence-corrected chi connectivity index (χ0v) is 12.6. The Morgan fingerprint density at radius 3 is 2.79 bits per heavy atom. The van der Waals surface area contributed by atoms with Crippen molar-refractivity contribution in [3.05, 3.63) is 17.5 Å². The lowest BCUT2D eigenvalue weighted by atomic mass is 10.2. The summed E-state index contributed by atoms with van der Waals surface area (Å²) in [5.74, 6) is 2.52. The molecule has 1 fully saturated rings. The van der Waals surface area contributed by atoms with Crippen molar-refractivity contribution in [1.82, 2.24) is 15.4 Å². The van der Waals surface area contributed by atoms with E-state index in [9.17, 15) is 0 Å². The average molecular weight is 265 g/mol. The lowest BCUT2D eigenvalue weighted by Gasteiger charge is -2.22. The molecule has 0 spiro atoms. The van der Waals surface area contributed by atoms with Gasteiger partial charge in [0.15, 0.2) is 5.76 Å². The number of aromatic nitrogens is 1. The highest BCUT2D eigenvalue weighted by atomic mass is 16.5. The zero-order valence-electron chi connectivity index (χ0n) is 12.6. The molecule has 1 N–H and O–H groups in total. The molecular formula is C15H27N3O. The summed E-state index contributed by atoms with van der Waals surface area (Å²) in [6.45, 7) is 9.38. The molecule has 0 amide bonds. The van der Waals surface area contributed by atoms with Crippen LogP contribution in [0.15, 0.2) is 10.6 Å². The largest absolute Gasteiger partial charge is 0.360 e. The fourth-order valence-corrected chi connectivity index (χ4v) is 2.33. The summed E-state index contributed by atoms with van der Waals surface area (Å²) >= 11 is 0. The molecule has 4 nitrogen and oxygen atoms in total. The highest BCUT2D eigenvalue weighted by Crippen LogP contribution is 2.35. The van der Waals surface area contributed by atoms with Gasteiger partial charge in [-0.05, 0) is 45.2 Å². The smallest absolute Gasteiger partial charge is 0.151 e. The first kappa shape index (κ1) is 14.5. The minimum Gasteiger partial charge on any atom is -0.360 e. The second-order valence-electron chi connectivity index (χ2n) is 6.30. The molecule has 1 heterocycles. The van der Waals surface area contributed by atoms with E-state index in [1.807, 2.05) is 0 Å². The van der Waals surface area contributed by atoms with Crippen LogP contribution >= 0.6 is 0 Å². The van der Waals surface area contributed by atoms with Crippen LogP contribution in [0, 0.1) is 11.8 Å². The zero-order chi connectivity index (χ0) is 13.8. The second-order valence-corrected chi connectivity index (χ2v) is 6.30. The van der Waals surface area contributed by atoms with Gasteiger partial charge in [-0.3, -0.25) is 4.90 Å². The molecule has 0 radical (unpaired) electrons. The Morgan fingerprint density at radius 2 is 2.16 bits per heavy atom. The third-order valence-electron chi connectivity index (χ3n) is 3.87. The van der Waals surface area contributed by atoms with E-state index in [1.165, 1.54) is 12.8 Å². The maximum Gasteiger partial charge on any atom is 0.151 e. The van der Waals surface area contributed by atoms with Crippen molar-refractivity contribution in [2.45, 2.75) is 52.7 Å². The standard InChI is InChI=1S/C15H27N3O/c1-11(2)8-16-9-14-7-15(19-17-14)10-18(4)12(3)13-5-6-13/h7,11-13,16H,5-6,8-10H2,1-4H3. The van der Waals surface area contributed by atoms with Crippen molar-refractivity contribution >= 4 is 0 Å². The van der Waals surface area contributed by atoms with Crippen LogP contribution in [0.2, 0.25) is 0 Å². The Morgan fingerprint density at radius 1 is 1.42 bits per heavy atom. The van der Waals surface area contributed by atoms with Crippen LogP contribution < -0.4 is 5.32 Å². The molecule has 108 valence electrons. The first-order chi connectivity index (χ1) is 9.06. The quantitative estimate of drug-likeness (QED) is 0.784. The van der Waals surface area contributed by atoms with Crippen LogP contribution in [0.3, 0.4) is 0 Å². The summed E-state index contributed by atoms with van der Waals surface area (Å²) in [7, 11) is 2.17. The van der Waals surface area contributed by atoms with Crippen molar-refractivity contribution in [3.8, 4) is 0 Å². The summed E-state index contributed by atoms with van der Waals surface area (Å²) in [6.07, 6.45) is 2.76. The van der Waals surface area contributed by atoms with Gasteiger partial charge in [0, 0.05) is 18.7 Å². The molecule has 2 rings (SSSR count). The van der Waals surface area contributed by atoms with Gasteiger partial charge in [0.1, 0.15) is 0 Å². The molecule has 1 aromatic rings. The molecule has 1 unspecified atom stereocenters. The van der Waals surface area contributed by atoms with Gasteiger partial charge in [-0.25, -0.2) is 0 Å². The summed E-state index contributed by atoms with van der Waals surface area (Å²) in [5, 5.41) is 7.50. The van der Waals surface area contributed by atoms with E-state index >= 15 is 0 Å². The molecule has 19 heavy (non-hydrogen) atoms. The summed E-state index contributed by atoms with van der Waals surface area (Å²) < 4.78 is 5.41. The molecular weight excluding hydrogens is 238 g/mol. The summed E-state index contributed by atoms with van der Waals surface area (Å²) in [4.78, 5) is 2.36. The van der Waals surface area contributed by atoms with E-state index in [-0.39, 0.29) is 0 Å². The van der Waals surface area contributed by atoms with Crippen LogP contribution in [0.5, 0.6) is 0 Å². The normalized spacial score (nSPS) is 17.4. The molecule has 1 aliphatic rings. The van der Waals surface area contributed by atoms with E-state index in [2.05, 4.69) is 49.3 Å². The highest BCUT2D eigenvalue weighted by molar-refractivity contribution is 5.05. The van der Waals surface area contributed by atoms with Crippen LogP contribution in [-0.2, 0) is 13.1 Å². The molecule has 0 aromatic carbocycles. The summed E-state index contributed by atoms with van der Waals surface area (Å²) in [5.41, 5.74) is 1.00. The average Bonchev–Trinajstić information content (AvgIpc) is 3.11. The number of hydrogen-bond acceptors (Lipinski definition) is 4. The molecule has 4 heteroatoms. The van der Waals surface area contributed by atoms with Gasteiger partial charge in [0.05, 0.1) is 12.2 Å². The Balaban J connectivity index is 1.76. The van der Waals surface area contributed by atoms with E-state index in [0.717, 1.165) is 37.0 Å². The van der Waals surface area contributed by atoms with Crippen molar-refractivity contribution in [2.24, 2.45) is 11.8 Å². The van der Waals surface area contributed by atoms with E-state index in [1.54, 1.807) is 0 Å². The minimum atomic E-state index is 0.646. The van der Waals surface area contributed by atoms with Crippen molar-refractivity contribution in [3.63, 3.8) is 0 Å². The van der Waals surface area contributed by atoms with E-state index in [0.29, 0.717) is 12.0 Å². The summed E-state index contributed by atoms with van der Waals surface area (Å²) in [6, 6.07) is 2.72. The first-order valence-electron chi connectivity index (χ1n) is 7.41. The predicted molar refractivity (Wildman–Crippen MR) is 76.7 cm³/mol. The Bertz CT molecular complexity index is 384. The van der Waals surface area contributed by atoms with Crippen LogP contribution in [-0.4, -0.2) is 29.7 Å². The van der Waals surface area contributed by atoms with Crippen molar-refractivity contribution < 1.29 is 4.52 Å². The van der Waals surface area contributed by atoms with Crippen molar-refractivity contribution in [1.29, 1.82) is 0 Å². The number of nitrogens with zero attached hydrogens (tertiary/aromatic N) is 2. The lowest BCUT2D eigenvalue weighted by molar-refractivity contribution is 0.201. The third-order valence-corrected chi connectivity index (χ3v) is 3.87. The Kier molecular flexibility index (Phi) is 4.99. The first-order valence-corrected chi connectivity index (χ1v) is 7.41. The molecule has 0 aliphatic heterocycles. The lowest BCUT2D eigenvalue weighted by Crippen LogP contribution is -2.30. The fourth-order valence-electron chi connectivity index (χ4n) is 2.33. The van der Waals surface area contributed by atoms with Gasteiger partial charge >= 0.3 is 0 Å². The van der Waals surface area contributed by atoms with Gasteiger partial charge in [-0.2, -0.15) is 0 Å². The van der Waals surface area contributed by atoms with Gasteiger partial charge < -0.3 is 9.84 Å². The predicted octanol–water partition coefficient (Wildman–Crippen LogP) is 2.65. The van der Waals surface area contributed by atoms with Gasteiger partial charge in [-0.15, -0.1) is 0 Å². The van der Waals surface area contributed by atoms with Crippen LogP contribution in [0.25, 0.3) is 0 Å². The Labute approximate surface area is 116 Å². The Hall–Kier alpha value is -0.870. The van der Waals surface area contributed by atoms with Gasteiger partial charge in [0.2, 0.25) is 0 Å². The molecule has 1 saturated carbocycles. The molecule has 0 bridgehead atoms. The second kappa shape index (κ2) is 6.53. The van der Waals surface area contributed by atoms with Crippen LogP contribution in [0.1, 0.15) is 45.1 Å². The fraction of sp³-hybridized carbons (Fsp3) is 0.800. The molecule has 0 saturated heterocycles. The van der Waals surface area contributed by atoms with E-state index in [4.69, 9.17) is 4.52 Å². The molecule has 1 atom stereocenters. The highest BCUT2D eigenvalue weighted by Gasteiger charge is 2.30. The number of rotatable bonds is 8. The van der Waals surface area contributed by atoms with Crippen molar-refractivity contribution in [2.75, 3.05) is 13.6 Å². The third kappa shape index (κ3) is 4.62. The maximum absolute atomic E-state index is 5.41. The monoisotopic (exact) mass is 265 g/mol. The van der Waals surface area contributed by atoms with E-state index < -0.39 is 0 Å².